The topological polar surface area (TPSA) is 40.5 Å². The van der Waals surface area contributed by atoms with Crippen LogP contribution in [0.1, 0.15) is 56.6 Å². The van der Waals surface area contributed by atoms with Crippen molar-refractivity contribution in [2.75, 3.05) is 0 Å². The van der Waals surface area contributed by atoms with Gasteiger partial charge in [-0.15, -0.1) is 0 Å². The lowest BCUT2D eigenvalue weighted by Gasteiger charge is -2.54. The summed E-state index contributed by atoms with van der Waals surface area (Å²) in [4.78, 5) is 0. The molecule has 0 aromatic heterocycles. The van der Waals surface area contributed by atoms with Crippen molar-refractivity contribution in [1.29, 1.82) is 0 Å². The number of benzene rings is 1. The zero-order valence-corrected chi connectivity index (χ0v) is 15.1. The van der Waals surface area contributed by atoms with Crippen LogP contribution in [0, 0.1) is 34.5 Å². The van der Waals surface area contributed by atoms with Gasteiger partial charge >= 0.3 is 0 Å². The van der Waals surface area contributed by atoms with Gasteiger partial charge in [0.15, 0.2) is 0 Å². The molecule has 2 fully saturated rings. The second kappa shape index (κ2) is 5.41. The maximum Gasteiger partial charge on any atom is 0.132 e. The molecule has 0 amide bonds. The zero-order valence-electron chi connectivity index (χ0n) is 14.3. The van der Waals surface area contributed by atoms with Crippen LogP contribution in [0.5, 0.6) is 5.75 Å². The molecule has 1 aromatic rings. The quantitative estimate of drug-likeness (QED) is 0.684. The molecule has 0 saturated heterocycles. The van der Waals surface area contributed by atoms with Crippen molar-refractivity contribution >= 4 is 11.6 Å². The third-order valence-electron chi connectivity index (χ3n) is 7.46. The number of fused-ring (bicyclic) bond motifs is 5. The van der Waals surface area contributed by atoms with Crippen molar-refractivity contribution in [2.45, 2.75) is 57.5 Å². The number of phenolic OH excluding ortho intramolecular Hbond substituents is 1. The average Bonchev–Trinajstić information content (AvgIpc) is 2.79. The van der Waals surface area contributed by atoms with Gasteiger partial charge in [-0.05, 0) is 90.6 Å². The van der Waals surface area contributed by atoms with E-state index in [1.807, 2.05) is 12.1 Å². The molecule has 0 heterocycles. The summed E-state index contributed by atoms with van der Waals surface area (Å²) in [6.07, 6.45) is 4.82. The molecule has 2 N–H and O–H groups in total. The van der Waals surface area contributed by atoms with Crippen LogP contribution in [0.15, 0.2) is 18.2 Å². The molecule has 0 spiro atoms. The fourth-order valence-corrected chi connectivity index (χ4v) is 6.42. The molecule has 0 aliphatic heterocycles. The Bertz CT molecular complexity index is 733. The van der Waals surface area contributed by atoms with E-state index in [4.69, 9.17) is 11.6 Å². The molecular weight excluding hydrogens is 320 g/mol. The molecule has 0 unspecified atom stereocenters. The number of halogens is 1. The van der Waals surface area contributed by atoms with E-state index in [1.165, 1.54) is 11.1 Å². The van der Waals surface area contributed by atoms with Crippen LogP contribution in [-0.4, -0.2) is 15.8 Å². The van der Waals surface area contributed by atoms with E-state index < -0.39 is 5.60 Å². The fourth-order valence-electron chi connectivity index (χ4n) is 6.27. The van der Waals surface area contributed by atoms with Crippen molar-refractivity contribution in [3.05, 3.63) is 29.3 Å². The van der Waals surface area contributed by atoms with Gasteiger partial charge in [-0.2, -0.15) is 0 Å². The van der Waals surface area contributed by atoms with Crippen LogP contribution in [0.4, 0.5) is 0 Å². The highest BCUT2D eigenvalue weighted by molar-refractivity contribution is 6.30. The number of aromatic hydroxyl groups is 1. The lowest BCUT2D eigenvalue weighted by atomic mass is 9.51. The molecular formula is C21H25ClO2. The van der Waals surface area contributed by atoms with Gasteiger partial charge in [0.25, 0.3) is 0 Å². The van der Waals surface area contributed by atoms with Gasteiger partial charge in [0.1, 0.15) is 11.4 Å². The highest BCUT2D eigenvalue weighted by atomic mass is 35.5. The number of rotatable bonds is 0. The fraction of sp³-hybridized carbons (Fsp3) is 0.619. The maximum absolute atomic E-state index is 11.2. The van der Waals surface area contributed by atoms with Crippen LogP contribution in [0.3, 0.4) is 0 Å². The van der Waals surface area contributed by atoms with Crippen molar-refractivity contribution < 1.29 is 10.2 Å². The first-order chi connectivity index (χ1) is 11.4. The second-order valence-corrected chi connectivity index (χ2v) is 8.62. The van der Waals surface area contributed by atoms with Gasteiger partial charge in [-0.3, -0.25) is 0 Å². The van der Waals surface area contributed by atoms with Gasteiger partial charge in [0.2, 0.25) is 0 Å². The van der Waals surface area contributed by atoms with Gasteiger partial charge in [-0.1, -0.05) is 25.8 Å². The minimum absolute atomic E-state index is 0.168. The molecule has 3 aliphatic carbocycles. The molecule has 2 nitrogen and oxygen atoms in total. The highest BCUT2D eigenvalue weighted by Crippen LogP contribution is 2.65. The zero-order chi connectivity index (χ0) is 17.1. The highest BCUT2D eigenvalue weighted by Gasteiger charge is 2.62. The van der Waals surface area contributed by atoms with E-state index in [0.29, 0.717) is 29.4 Å². The minimum atomic E-state index is -0.945. The molecule has 0 bridgehead atoms. The Hall–Kier alpha value is -1.17. The van der Waals surface area contributed by atoms with E-state index in [0.717, 1.165) is 32.1 Å². The Labute approximate surface area is 149 Å². The van der Waals surface area contributed by atoms with Crippen LogP contribution in [0.25, 0.3) is 0 Å². The molecule has 3 heteroatoms. The molecule has 6 atom stereocenters. The number of hydrogen-bond acceptors (Lipinski definition) is 2. The smallest absolute Gasteiger partial charge is 0.132 e. The first-order valence-electron chi connectivity index (χ1n) is 9.06. The Morgan fingerprint density at radius 1 is 1.25 bits per heavy atom. The molecule has 2 saturated carbocycles. The summed E-state index contributed by atoms with van der Waals surface area (Å²) in [6.45, 7) is 4.56. The van der Waals surface area contributed by atoms with Crippen molar-refractivity contribution in [2.24, 2.45) is 23.2 Å². The minimum Gasteiger partial charge on any atom is -0.508 e. The molecule has 0 radical (unpaired) electrons. The summed E-state index contributed by atoms with van der Waals surface area (Å²) in [7, 11) is 0. The summed E-state index contributed by atoms with van der Waals surface area (Å²) in [5.74, 6) is 5.45. The largest absolute Gasteiger partial charge is 0.508 e. The lowest BCUT2D eigenvalue weighted by Crippen LogP contribution is -2.51. The lowest BCUT2D eigenvalue weighted by molar-refractivity contribution is -0.0734. The van der Waals surface area contributed by atoms with E-state index in [-0.39, 0.29) is 5.41 Å². The van der Waals surface area contributed by atoms with Gasteiger partial charge in [0.05, 0.1) is 0 Å². The predicted molar refractivity (Wildman–Crippen MR) is 95.8 cm³/mol. The van der Waals surface area contributed by atoms with E-state index in [9.17, 15) is 10.2 Å². The first-order valence-corrected chi connectivity index (χ1v) is 9.44. The number of phenols is 1. The Kier molecular flexibility index (Phi) is 3.68. The number of aliphatic hydroxyl groups is 1. The summed E-state index contributed by atoms with van der Waals surface area (Å²) in [5, 5.41) is 23.4. The van der Waals surface area contributed by atoms with Crippen LogP contribution in [0.2, 0.25) is 0 Å². The SMILES string of the molecule is C[C@@H]1Cc2cc(O)ccc2[C@H]2CC[C@@]3(C)[C@@H](CC[C@@]3(O)C#CCl)[C@H]12. The third-order valence-corrected chi connectivity index (χ3v) is 7.56. The standard InChI is InChI=1S/C21H25ClO2/c1-13-11-14-12-15(23)3-4-16(14)17-5-7-20(2)18(19(13)17)6-8-21(20,24)9-10-22/h3-4,12-13,17-19,23-24H,5-8,11H2,1-2H3/t13-,17-,18+,19-,20+,21-/m1/s1. The maximum atomic E-state index is 11.2. The molecule has 128 valence electrons. The van der Waals surface area contributed by atoms with Crippen LogP contribution in [-0.2, 0) is 6.42 Å². The molecule has 4 rings (SSSR count). The first kappa shape index (κ1) is 16.3. The Balaban J connectivity index is 1.75. The Morgan fingerprint density at radius 2 is 2.04 bits per heavy atom. The van der Waals surface area contributed by atoms with Crippen LogP contribution < -0.4 is 0 Å². The van der Waals surface area contributed by atoms with Gasteiger partial charge < -0.3 is 10.2 Å². The summed E-state index contributed by atoms with van der Waals surface area (Å²) in [5.41, 5.74) is 1.61. The summed E-state index contributed by atoms with van der Waals surface area (Å²) >= 11 is 5.67. The van der Waals surface area contributed by atoms with E-state index >= 15 is 0 Å². The van der Waals surface area contributed by atoms with Gasteiger partial charge in [-0.25, -0.2) is 0 Å². The van der Waals surface area contributed by atoms with Crippen molar-refractivity contribution in [1.82, 2.24) is 0 Å². The van der Waals surface area contributed by atoms with Crippen molar-refractivity contribution in [3.63, 3.8) is 0 Å². The van der Waals surface area contributed by atoms with E-state index in [1.54, 1.807) is 0 Å². The third kappa shape index (κ3) is 2.07. The second-order valence-electron chi connectivity index (χ2n) is 8.43. The average molecular weight is 345 g/mol. The predicted octanol–water partition coefficient (Wildman–Crippen LogP) is 4.43. The van der Waals surface area contributed by atoms with Gasteiger partial charge in [0, 0.05) is 10.8 Å². The monoisotopic (exact) mass is 344 g/mol. The normalized spacial score (nSPS) is 43.2. The summed E-state index contributed by atoms with van der Waals surface area (Å²) in [6, 6.07) is 5.89. The van der Waals surface area contributed by atoms with Crippen molar-refractivity contribution in [3.8, 4) is 17.0 Å². The molecule has 1 aromatic carbocycles. The van der Waals surface area contributed by atoms with Crippen LogP contribution >= 0.6 is 11.6 Å². The Morgan fingerprint density at radius 3 is 2.79 bits per heavy atom. The molecule has 3 aliphatic rings. The van der Waals surface area contributed by atoms with E-state index in [2.05, 4.69) is 31.2 Å². The molecule has 24 heavy (non-hydrogen) atoms. The summed E-state index contributed by atoms with van der Waals surface area (Å²) < 4.78 is 0. The number of hydrogen-bond donors (Lipinski definition) is 2.